The molecule has 0 N–H and O–H groups in total. The van der Waals surface area contributed by atoms with Crippen LogP contribution in [0.3, 0.4) is 0 Å². The van der Waals surface area contributed by atoms with Crippen molar-refractivity contribution in [1.82, 2.24) is 9.88 Å². The van der Waals surface area contributed by atoms with Gasteiger partial charge in [-0.15, -0.1) is 0 Å². The Morgan fingerprint density at radius 2 is 1.94 bits per heavy atom. The summed E-state index contributed by atoms with van der Waals surface area (Å²) >= 11 is 0. The van der Waals surface area contributed by atoms with Crippen LogP contribution in [0, 0.1) is 12.7 Å². The molecule has 1 atom stereocenters. The normalized spacial score (nSPS) is 16.0. The second-order valence-electron chi connectivity index (χ2n) is 7.12. The van der Waals surface area contributed by atoms with Crippen molar-refractivity contribution in [2.75, 3.05) is 6.54 Å². The van der Waals surface area contributed by atoms with Crippen molar-refractivity contribution in [2.45, 2.75) is 33.0 Å². The molecule has 0 spiro atoms. The van der Waals surface area contributed by atoms with Gasteiger partial charge in [0.05, 0.1) is 0 Å². The van der Waals surface area contributed by atoms with Crippen molar-refractivity contribution < 1.29 is 27.9 Å². The molecule has 0 saturated carbocycles. The second kappa shape index (κ2) is 8.59. The zero-order valence-corrected chi connectivity index (χ0v) is 17.1. The first-order valence-corrected chi connectivity index (χ1v) is 9.94. The van der Waals surface area contributed by atoms with Gasteiger partial charge in [0.25, 0.3) is 5.91 Å². The van der Waals surface area contributed by atoms with Crippen LogP contribution in [-0.4, -0.2) is 28.4 Å². The van der Waals surface area contributed by atoms with E-state index < -0.39 is 23.9 Å². The number of oxazole rings is 1. The van der Waals surface area contributed by atoms with E-state index in [2.05, 4.69) is 4.98 Å². The third kappa shape index (κ3) is 4.14. The molecule has 160 valence electrons. The summed E-state index contributed by atoms with van der Waals surface area (Å²) in [5.41, 5.74) is 1.64. The van der Waals surface area contributed by atoms with Crippen molar-refractivity contribution in [3.05, 3.63) is 71.4 Å². The number of carbonyl (C=O) groups is 2. The molecular formula is C23H21FN2O5. The number of hydrogen-bond acceptors (Lipinski definition) is 6. The van der Waals surface area contributed by atoms with E-state index in [4.69, 9.17) is 13.9 Å². The molecule has 0 aliphatic carbocycles. The van der Waals surface area contributed by atoms with Crippen molar-refractivity contribution in [1.29, 1.82) is 0 Å². The molecule has 8 heteroatoms. The van der Waals surface area contributed by atoms with Crippen molar-refractivity contribution in [3.8, 4) is 17.2 Å². The molecule has 1 saturated heterocycles. The Balaban J connectivity index is 1.46. The van der Waals surface area contributed by atoms with Gasteiger partial charge in [-0.3, -0.25) is 4.79 Å². The van der Waals surface area contributed by atoms with E-state index in [1.165, 1.54) is 12.1 Å². The van der Waals surface area contributed by atoms with Crippen molar-refractivity contribution in [3.63, 3.8) is 0 Å². The number of rotatable bonds is 7. The SMILES string of the molecule is CCCN1C(=O)OC(c2ccc(OCc3nc(-c4ccccc4)oc3C)c(F)c2)C1=O. The molecule has 1 aliphatic rings. The third-order valence-corrected chi connectivity index (χ3v) is 4.91. The number of benzene rings is 2. The Kier molecular flexibility index (Phi) is 5.70. The van der Waals surface area contributed by atoms with Crippen LogP contribution in [0.4, 0.5) is 9.18 Å². The van der Waals surface area contributed by atoms with Gasteiger partial charge in [-0.05, 0) is 37.6 Å². The Bertz CT molecular complexity index is 1110. The topological polar surface area (TPSA) is 81.9 Å². The summed E-state index contributed by atoms with van der Waals surface area (Å²) in [6.45, 7) is 3.89. The Labute approximate surface area is 178 Å². The first kappa shape index (κ1) is 20.6. The van der Waals surface area contributed by atoms with Crippen molar-refractivity contribution >= 4 is 12.0 Å². The lowest BCUT2D eigenvalue weighted by Gasteiger charge is -2.11. The number of imide groups is 1. The van der Waals surface area contributed by atoms with Gasteiger partial charge in [0.1, 0.15) is 18.1 Å². The molecule has 1 fully saturated rings. The fraction of sp³-hybridized carbons (Fsp3) is 0.261. The lowest BCUT2D eigenvalue weighted by molar-refractivity contribution is -0.129. The fourth-order valence-corrected chi connectivity index (χ4v) is 3.29. The van der Waals surface area contributed by atoms with E-state index in [0.717, 1.165) is 16.5 Å². The maximum atomic E-state index is 14.6. The van der Waals surface area contributed by atoms with Crippen LogP contribution in [0.2, 0.25) is 0 Å². The molecule has 1 aromatic heterocycles. The molecule has 31 heavy (non-hydrogen) atoms. The van der Waals surface area contributed by atoms with E-state index in [0.29, 0.717) is 23.8 Å². The van der Waals surface area contributed by atoms with Gasteiger partial charge in [0.15, 0.2) is 11.6 Å². The number of nitrogens with zero attached hydrogens (tertiary/aromatic N) is 2. The van der Waals surface area contributed by atoms with Gasteiger partial charge in [0.2, 0.25) is 12.0 Å². The number of ether oxygens (including phenoxy) is 2. The fourth-order valence-electron chi connectivity index (χ4n) is 3.29. The zero-order valence-electron chi connectivity index (χ0n) is 17.1. The molecule has 4 rings (SSSR count). The minimum absolute atomic E-state index is 0.00500. The number of aryl methyl sites for hydroxylation is 1. The summed E-state index contributed by atoms with van der Waals surface area (Å²) in [4.78, 5) is 29.7. The van der Waals surface area contributed by atoms with Gasteiger partial charge in [-0.25, -0.2) is 19.1 Å². The van der Waals surface area contributed by atoms with Crippen molar-refractivity contribution in [2.24, 2.45) is 0 Å². The third-order valence-electron chi connectivity index (χ3n) is 4.91. The van der Waals surface area contributed by atoms with Crippen LogP contribution < -0.4 is 4.74 Å². The lowest BCUT2D eigenvalue weighted by Crippen LogP contribution is -2.30. The number of aromatic nitrogens is 1. The molecule has 0 bridgehead atoms. The molecule has 2 heterocycles. The van der Waals surface area contributed by atoms with Crippen LogP contribution in [-0.2, 0) is 16.1 Å². The van der Waals surface area contributed by atoms with E-state index in [-0.39, 0.29) is 24.5 Å². The summed E-state index contributed by atoms with van der Waals surface area (Å²) in [7, 11) is 0. The summed E-state index contributed by atoms with van der Waals surface area (Å²) < 4.78 is 31.0. The molecule has 3 aromatic rings. The quantitative estimate of drug-likeness (QED) is 0.542. The average Bonchev–Trinajstić information content (AvgIpc) is 3.28. The molecule has 2 aromatic carbocycles. The number of amides is 2. The summed E-state index contributed by atoms with van der Waals surface area (Å²) in [5.74, 6) is -0.123. The van der Waals surface area contributed by atoms with Gasteiger partial charge < -0.3 is 13.9 Å². The predicted octanol–water partition coefficient (Wildman–Crippen LogP) is 4.80. The molecule has 7 nitrogen and oxygen atoms in total. The van der Waals surface area contributed by atoms with Gasteiger partial charge in [-0.1, -0.05) is 31.2 Å². The largest absolute Gasteiger partial charge is 0.484 e. The average molecular weight is 424 g/mol. The monoisotopic (exact) mass is 424 g/mol. The highest BCUT2D eigenvalue weighted by Crippen LogP contribution is 2.31. The number of halogens is 1. The van der Waals surface area contributed by atoms with E-state index in [1.54, 1.807) is 6.92 Å². The van der Waals surface area contributed by atoms with E-state index in [1.807, 2.05) is 37.3 Å². The smallest absolute Gasteiger partial charge is 0.417 e. The van der Waals surface area contributed by atoms with Crippen LogP contribution in [0.1, 0.15) is 36.5 Å². The predicted molar refractivity (Wildman–Crippen MR) is 109 cm³/mol. The minimum Gasteiger partial charge on any atom is -0.484 e. The molecule has 0 radical (unpaired) electrons. The van der Waals surface area contributed by atoms with Gasteiger partial charge >= 0.3 is 6.09 Å². The van der Waals surface area contributed by atoms with Crippen LogP contribution >= 0.6 is 0 Å². The van der Waals surface area contributed by atoms with Crippen LogP contribution in [0.15, 0.2) is 52.9 Å². The maximum Gasteiger partial charge on any atom is 0.417 e. The first-order chi connectivity index (χ1) is 15.0. The highest BCUT2D eigenvalue weighted by atomic mass is 19.1. The molecule has 2 amide bonds. The number of carbonyl (C=O) groups excluding carboxylic acids is 2. The Morgan fingerprint density at radius 1 is 1.16 bits per heavy atom. The second-order valence-corrected chi connectivity index (χ2v) is 7.12. The Morgan fingerprint density at radius 3 is 2.65 bits per heavy atom. The minimum atomic E-state index is -1.14. The summed E-state index contributed by atoms with van der Waals surface area (Å²) in [6, 6.07) is 13.5. The lowest BCUT2D eigenvalue weighted by atomic mass is 10.1. The number of cyclic esters (lactones) is 1. The highest BCUT2D eigenvalue weighted by molar-refractivity contribution is 6.00. The highest BCUT2D eigenvalue weighted by Gasteiger charge is 2.41. The summed E-state index contributed by atoms with van der Waals surface area (Å²) in [6.07, 6.45) is -1.25. The molecule has 1 unspecified atom stereocenters. The van der Waals surface area contributed by atoms with Gasteiger partial charge in [0, 0.05) is 17.7 Å². The van der Waals surface area contributed by atoms with Crippen LogP contribution in [0.5, 0.6) is 5.75 Å². The van der Waals surface area contributed by atoms with Gasteiger partial charge in [-0.2, -0.15) is 0 Å². The first-order valence-electron chi connectivity index (χ1n) is 9.94. The molecule has 1 aliphatic heterocycles. The molecular weight excluding hydrogens is 403 g/mol. The van der Waals surface area contributed by atoms with E-state index >= 15 is 0 Å². The Hall–Kier alpha value is -3.68. The van der Waals surface area contributed by atoms with Crippen LogP contribution in [0.25, 0.3) is 11.5 Å². The number of hydrogen-bond donors (Lipinski definition) is 0. The summed E-state index contributed by atoms with van der Waals surface area (Å²) in [5, 5.41) is 0. The maximum absolute atomic E-state index is 14.6. The standard InChI is InChI=1S/C23H21FN2O5/c1-3-11-26-22(27)20(31-23(26)28)16-9-10-19(17(24)12-16)29-13-18-14(2)30-21(25-18)15-7-5-4-6-8-15/h4-10,12,20H,3,11,13H2,1-2H3. The van der Waals surface area contributed by atoms with E-state index in [9.17, 15) is 14.0 Å². The zero-order chi connectivity index (χ0) is 22.0.